The molecule has 0 fully saturated rings. The maximum Gasteiger partial charge on any atom is 0.165 e. The fourth-order valence-corrected chi connectivity index (χ4v) is 5.05. The Kier molecular flexibility index (Phi) is 7.55. The standard InChI is InChI=1S/C27H39N2/c1-5-11-22-15-9-16-23(12-6-2)26(22)29(20-19-28-21-29)27-24(13-7-3)17-10-18-25(27)14-8-4/h9-10,15-20,28H,5-8,11-14,21H2,1-4H3/q+1. The van der Waals surface area contributed by atoms with E-state index in [1.54, 1.807) is 0 Å². The molecule has 2 aromatic carbocycles. The second kappa shape index (κ2) is 10.1. The Bertz CT molecular complexity index is 726. The Morgan fingerprint density at radius 1 is 0.655 bits per heavy atom. The zero-order valence-corrected chi connectivity index (χ0v) is 18.9. The van der Waals surface area contributed by atoms with Gasteiger partial charge in [-0.2, -0.15) is 0 Å². The molecule has 3 rings (SSSR count). The summed E-state index contributed by atoms with van der Waals surface area (Å²) >= 11 is 0. The largest absolute Gasteiger partial charge is 0.339 e. The Morgan fingerprint density at radius 3 is 1.31 bits per heavy atom. The SMILES string of the molecule is CCCc1cccc(CCC)c1[N+]1(c2c(CCC)cccc2CCC)C=CNC1. The van der Waals surface area contributed by atoms with E-state index in [1.807, 2.05) is 0 Å². The first kappa shape index (κ1) is 21.6. The molecule has 1 heterocycles. The minimum absolute atomic E-state index is 0.830. The number of benzene rings is 2. The number of aryl methyl sites for hydroxylation is 4. The van der Waals surface area contributed by atoms with E-state index < -0.39 is 0 Å². The third kappa shape index (κ3) is 4.28. The number of rotatable bonds is 10. The van der Waals surface area contributed by atoms with E-state index in [9.17, 15) is 0 Å². The topological polar surface area (TPSA) is 12.0 Å². The average molecular weight is 392 g/mol. The molecule has 0 saturated carbocycles. The minimum atomic E-state index is 0.830. The van der Waals surface area contributed by atoms with Gasteiger partial charge in [-0.1, -0.05) is 89.8 Å². The van der Waals surface area contributed by atoms with Crippen LogP contribution in [-0.2, 0) is 25.7 Å². The summed E-state index contributed by atoms with van der Waals surface area (Å²) in [7, 11) is 0. The van der Waals surface area contributed by atoms with Gasteiger partial charge >= 0.3 is 0 Å². The molecule has 29 heavy (non-hydrogen) atoms. The average Bonchev–Trinajstić information content (AvgIpc) is 3.20. The molecule has 1 aliphatic heterocycles. The highest BCUT2D eigenvalue weighted by atomic mass is 15.4. The first-order valence-electron chi connectivity index (χ1n) is 11.7. The first-order valence-corrected chi connectivity index (χ1v) is 11.7. The van der Waals surface area contributed by atoms with Crippen LogP contribution in [-0.4, -0.2) is 6.67 Å². The summed E-state index contributed by atoms with van der Waals surface area (Å²) < 4.78 is 0.830. The third-order valence-corrected chi connectivity index (χ3v) is 6.07. The monoisotopic (exact) mass is 391 g/mol. The molecule has 0 atom stereocenters. The number of hydrogen-bond acceptors (Lipinski definition) is 1. The van der Waals surface area contributed by atoms with Gasteiger partial charge in [0.25, 0.3) is 0 Å². The van der Waals surface area contributed by atoms with Crippen molar-refractivity contribution >= 4 is 11.4 Å². The first-order chi connectivity index (χ1) is 14.2. The van der Waals surface area contributed by atoms with E-state index in [2.05, 4.69) is 81.8 Å². The van der Waals surface area contributed by atoms with Crippen molar-refractivity contribution in [3.63, 3.8) is 0 Å². The lowest BCUT2D eigenvalue weighted by atomic mass is 9.93. The van der Waals surface area contributed by atoms with Gasteiger partial charge in [0.2, 0.25) is 0 Å². The van der Waals surface area contributed by atoms with Gasteiger partial charge in [-0.05, 0) is 25.7 Å². The molecule has 2 heteroatoms. The Labute approximate surface area is 178 Å². The van der Waals surface area contributed by atoms with Crippen molar-refractivity contribution in [2.24, 2.45) is 0 Å². The van der Waals surface area contributed by atoms with Crippen molar-refractivity contribution in [1.29, 1.82) is 0 Å². The summed E-state index contributed by atoms with van der Waals surface area (Å²) in [5.41, 5.74) is 9.11. The molecule has 156 valence electrons. The zero-order chi connectivity index (χ0) is 20.7. The molecule has 0 unspecified atom stereocenters. The van der Waals surface area contributed by atoms with Crippen LogP contribution < -0.4 is 9.80 Å². The Hall–Kier alpha value is -2.06. The van der Waals surface area contributed by atoms with Gasteiger partial charge in [0, 0.05) is 22.3 Å². The molecule has 2 aromatic rings. The predicted molar refractivity (Wildman–Crippen MR) is 127 cm³/mol. The predicted octanol–water partition coefficient (Wildman–Crippen LogP) is 7.17. The van der Waals surface area contributed by atoms with E-state index in [-0.39, 0.29) is 0 Å². The molecular formula is C27H39N2+. The van der Waals surface area contributed by atoms with Crippen molar-refractivity contribution in [3.8, 4) is 0 Å². The zero-order valence-electron chi connectivity index (χ0n) is 18.9. The molecule has 0 spiro atoms. The molecule has 0 aromatic heterocycles. The second-order valence-electron chi connectivity index (χ2n) is 8.40. The summed E-state index contributed by atoms with van der Waals surface area (Å²) in [4.78, 5) is 0. The van der Waals surface area contributed by atoms with Crippen LogP contribution in [0.15, 0.2) is 48.8 Å². The smallest absolute Gasteiger partial charge is 0.165 e. The van der Waals surface area contributed by atoms with Gasteiger partial charge in [-0.25, -0.2) is 4.48 Å². The number of quaternary nitrogens is 1. The third-order valence-electron chi connectivity index (χ3n) is 6.07. The Morgan fingerprint density at radius 2 is 1.03 bits per heavy atom. The fraction of sp³-hybridized carbons (Fsp3) is 0.481. The molecule has 0 bridgehead atoms. The van der Waals surface area contributed by atoms with Crippen LogP contribution in [0.3, 0.4) is 0 Å². The number of nitrogens with one attached hydrogen (secondary N) is 1. The van der Waals surface area contributed by atoms with Crippen molar-refractivity contribution < 1.29 is 0 Å². The van der Waals surface area contributed by atoms with E-state index in [0.29, 0.717) is 0 Å². The van der Waals surface area contributed by atoms with Crippen LogP contribution in [0.25, 0.3) is 0 Å². The highest BCUT2D eigenvalue weighted by Crippen LogP contribution is 2.46. The van der Waals surface area contributed by atoms with E-state index >= 15 is 0 Å². The van der Waals surface area contributed by atoms with Crippen molar-refractivity contribution in [2.45, 2.75) is 79.1 Å². The molecule has 0 amide bonds. The van der Waals surface area contributed by atoms with Gasteiger partial charge < -0.3 is 5.32 Å². The minimum Gasteiger partial charge on any atom is -0.339 e. The summed E-state index contributed by atoms with van der Waals surface area (Å²) in [6, 6.07) is 14.0. The van der Waals surface area contributed by atoms with E-state index in [0.717, 1.165) is 36.8 Å². The molecule has 1 N–H and O–H groups in total. The Balaban J connectivity index is 2.33. The van der Waals surface area contributed by atoms with Crippen LogP contribution in [0.2, 0.25) is 0 Å². The van der Waals surface area contributed by atoms with Gasteiger partial charge in [0.1, 0.15) is 6.20 Å². The van der Waals surface area contributed by atoms with Crippen molar-refractivity contribution in [2.75, 3.05) is 6.67 Å². The number of para-hydroxylation sites is 2. The number of hydrogen-bond donors (Lipinski definition) is 1. The molecule has 1 aliphatic rings. The summed E-state index contributed by atoms with van der Waals surface area (Å²) in [5.74, 6) is 0. The van der Waals surface area contributed by atoms with Crippen LogP contribution in [0.1, 0.15) is 75.6 Å². The number of nitrogens with zero attached hydrogens (tertiary/aromatic N) is 1. The van der Waals surface area contributed by atoms with E-state index in [4.69, 9.17) is 0 Å². The fourth-order valence-electron chi connectivity index (χ4n) is 5.05. The highest BCUT2D eigenvalue weighted by Gasteiger charge is 2.41. The maximum absolute atomic E-state index is 3.58. The van der Waals surface area contributed by atoms with Crippen LogP contribution in [0.4, 0.5) is 11.4 Å². The molecule has 0 aliphatic carbocycles. The van der Waals surface area contributed by atoms with Gasteiger partial charge in [-0.3, -0.25) is 0 Å². The van der Waals surface area contributed by atoms with Crippen molar-refractivity contribution in [1.82, 2.24) is 9.80 Å². The van der Waals surface area contributed by atoms with Crippen LogP contribution in [0, 0.1) is 0 Å². The quantitative estimate of drug-likeness (QED) is 0.423. The molecule has 2 nitrogen and oxygen atoms in total. The van der Waals surface area contributed by atoms with Gasteiger partial charge in [0.05, 0.1) is 6.20 Å². The molecule has 0 radical (unpaired) electrons. The lowest BCUT2D eigenvalue weighted by Gasteiger charge is -2.36. The summed E-state index contributed by atoms with van der Waals surface area (Å²) in [6.07, 6.45) is 13.9. The van der Waals surface area contributed by atoms with Gasteiger partial charge in [0.15, 0.2) is 18.0 Å². The lowest BCUT2D eigenvalue weighted by molar-refractivity contribution is 0.500. The summed E-state index contributed by atoms with van der Waals surface area (Å²) in [5, 5.41) is 3.58. The van der Waals surface area contributed by atoms with Crippen LogP contribution >= 0.6 is 0 Å². The normalized spacial score (nSPS) is 14.9. The van der Waals surface area contributed by atoms with E-state index in [1.165, 1.54) is 59.3 Å². The van der Waals surface area contributed by atoms with Crippen LogP contribution in [0.5, 0.6) is 0 Å². The summed E-state index contributed by atoms with van der Waals surface area (Å²) in [6.45, 7) is 10.1. The van der Waals surface area contributed by atoms with Crippen molar-refractivity contribution in [3.05, 3.63) is 71.1 Å². The molecular weight excluding hydrogens is 352 g/mol. The maximum atomic E-state index is 3.58. The molecule has 0 saturated heterocycles. The second-order valence-corrected chi connectivity index (χ2v) is 8.40. The lowest BCUT2D eigenvalue weighted by Crippen LogP contribution is -2.43. The highest BCUT2D eigenvalue weighted by molar-refractivity contribution is 5.73. The van der Waals surface area contributed by atoms with Gasteiger partial charge in [-0.15, -0.1) is 0 Å².